The Balaban J connectivity index is 1.40. The molecule has 0 aromatic heterocycles. The second-order valence-electron chi connectivity index (χ2n) is 9.49. The van der Waals surface area contributed by atoms with Crippen LogP contribution in [0, 0.1) is 5.82 Å². The number of halogens is 1. The minimum atomic E-state index is -4.11. The highest BCUT2D eigenvalue weighted by molar-refractivity contribution is 7.89. The van der Waals surface area contributed by atoms with Gasteiger partial charge in [-0.15, -0.1) is 0 Å². The number of hydrogen-bond donors (Lipinski definition) is 1. The summed E-state index contributed by atoms with van der Waals surface area (Å²) < 4.78 is 47.8. The number of hydrogen-bond acceptors (Lipinski definition) is 5. The second kappa shape index (κ2) is 12.3. The Hall–Kier alpha value is -4.54. The van der Waals surface area contributed by atoms with Crippen LogP contribution in [-0.4, -0.2) is 43.7 Å². The van der Waals surface area contributed by atoms with Gasteiger partial charge in [0.15, 0.2) is 6.10 Å². The first-order valence-electron chi connectivity index (χ1n) is 13.0. The van der Waals surface area contributed by atoms with Gasteiger partial charge in [-0.05, 0) is 47.5 Å². The van der Waals surface area contributed by atoms with Crippen molar-refractivity contribution in [2.24, 2.45) is 0 Å². The molecule has 0 radical (unpaired) electrons. The lowest BCUT2D eigenvalue weighted by atomic mass is 10.1. The van der Waals surface area contributed by atoms with E-state index in [9.17, 15) is 22.4 Å². The molecule has 2 amide bonds. The van der Waals surface area contributed by atoms with E-state index in [1.807, 2.05) is 30.3 Å². The molecule has 8 nitrogen and oxygen atoms in total. The number of carbonyl (C=O) groups excluding carboxylic acids is 2. The number of benzene rings is 4. The van der Waals surface area contributed by atoms with Crippen molar-refractivity contribution in [3.63, 3.8) is 0 Å². The zero-order chi connectivity index (χ0) is 28.8. The Morgan fingerprint density at radius 1 is 0.854 bits per heavy atom. The van der Waals surface area contributed by atoms with Crippen LogP contribution in [0.3, 0.4) is 0 Å². The maximum atomic E-state index is 13.8. The van der Waals surface area contributed by atoms with E-state index in [1.54, 1.807) is 42.5 Å². The highest BCUT2D eigenvalue weighted by Crippen LogP contribution is 2.33. The van der Waals surface area contributed by atoms with Gasteiger partial charge in [0.05, 0.1) is 23.7 Å². The van der Waals surface area contributed by atoms with Crippen molar-refractivity contribution in [1.82, 2.24) is 9.62 Å². The fourth-order valence-electron chi connectivity index (χ4n) is 4.50. The van der Waals surface area contributed by atoms with E-state index in [0.717, 1.165) is 9.87 Å². The molecule has 1 unspecified atom stereocenters. The molecule has 1 heterocycles. The van der Waals surface area contributed by atoms with Gasteiger partial charge in [0, 0.05) is 13.1 Å². The highest BCUT2D eigenvalue weighted by Gasteiger charge is 2.36. The molecule has 10 heteroatoms. The second-order valence-corrected chi connectivity index (χ2v) is 11.4. The number of amides is 2. The van der Waals surface area contributed by atoms with Gasteiger partial charge in [-0.25, -0.2) is 12.8 Å². The highest BCUT2D eigenvalue weighted by atomic mass is 32.2. The summed E-state index contributed by atoms with van der Waals surface area (Å²) in [4.78, 5) is 28.3. The van der Waals surface area contributed by atoms with E-state index in [-0.39, 0.29) is 24.5 Å². The van der Waals surface area contributed by atoms with Crippen molar-refractivity contribution in [3.05, 3.63) is 126 Å². The topological polar surface area (TPSA) is 96.0 Å². The molecule has 1 atom stereocenters. The quantitative estimate of drug-likeness (QED) is 0.325. The maximum Gasteiger partial charge on any atom is 0.263 e. The lowest BCUT2D eigenvalue weighted by Gasteiger charge is -2.35. The van der Waals surface area contributed by atoms with E-state index in [0.29, 0.717) is 17.0 Å². The van der Waals surface area contributed by atoms with Crippen molar-refractivity contribution in [1.29, 1.82) is 0 Å². The predicted molar refractivity (Wildman–Crippen MR) is 152 cm³/mol. The third kappa shape index (κ3) is 6.62. The van der Waals surface area contributed by atoms with Gasteiger partial charge in [0.25, 0.3) is 5.91 Å². The number of ether oxygens (including phenoxy) is 1. The van der Waals surface area contributed by atoms with Crippen molar-refractivity contribution >= 4 is 27.5 Å². The average molecular weight is 574 g/mol. The zero-order valence-corrected chi connectivity index (χ0v) is 22.8. The minimum absolute atomic E-state index is 0.0236. The molecule has 1 aliphatic heterocycles. The molecule has 41 heavy (non-hydrogen) atoms. The van der Waals surface area contributed by atoms with Crippen molar-refractivity contribution in [3.8, 4) is 5.75 Å². The third-order valence-electron chi connectivity index (χ3n) is 6.64. The largest absolute Gasteiger partial charge is 0.477 e. The number of para-hydroxylation sites is 2. The molecule has 0 fully saturated rings. The Labute approximate surface area is 238 Å². The van der Waals surface area contributed by atoms with E-state index >= 15 is 0 Å². The zero-order valence-electron chi connectivity index (χ0n) is 22.0. The number of rotatable bonds is 9. The number of fused-ring (bicyclic) bond motifs is 1. The maximum absolute atomic E-state index is 13.8. The molecular formula is C31H28FN3O5S. The van der Waals surface area contributed by atoms with Crippen LogP contribution in [0.15, 0.2) is 114 Å². The summed E-state index contributed by atoms with van der Waals surface area (Å²) >= 11 is 0. The van der Waals surface area contributed by atoms with Crippen LogP contribution in [0.2, 0.25) is 0 Å². The molecule has 1 aliphatic rings. The smallest absolute Gasteiger partial charge is 0.263 e. The SMILES string of the molecule is O=C(NCc1ccccc1)C1CN(C(=O)CN(Cc2ccc(F)cc2)S(=O)(=O)c2ccccc2)c2ccccc2O1. The molecule has 5 rings (SSSR count). The third-order valence-corrected chi connectivity index (χ3v) is 8.45. The Morgan fingerprint density at radius 3 is 2.20 bits per heavy atom. The van der Waals surface area contributed by atoms with Crippen molar-refractivity contribution < 1.29 is 27.1 Å². The van der Waals surface area contributed by atoms with Crippen molar-refractivity contribution in [2.75, 3.05) is 18.0 Å². The number of nitrogens with zero attached hydrogens (tertiary/aromatic N) is 2. The van der Waals surface area contributed by atoms with Gasteiger partial charge in [-0.2, -0.15) is 4.31 Å². The molecule has 0 aliphatic carbocycles. The lowest BCUT2D eigenvalue weighted by molar-refractivity contribution is -0.128. The van der Waals surface area contributed by atoms with Crippen LogP contribution < -0.4 is 15.0 Å². The molecule has 0 spiro atoms. The Bertz CT molecular complexity index is 1620. The van der Waals surface area contributed by atoms with Gasteiger partial charge in [-0.3, -0.25) is 9.59 Å². The molecule has 210 valence electrons. The summed E-state index contributed by atoms with van der Waals surface area (Å²) in [6, 6.07) is 29.4. The molecule has 0 bridgehead atoms. The molecule has 1 N–H and O–H groups in total. The minimum Gasteiger partial charge on any atom is -0.477 e. The van der Waals surface area contributed by atoms with Crippen LogP contribution in [-0.2, 0) is 32.7 Å². The van der Waals surface area contributed by atoms with Crippen LogP contribution in [0.5, 0.6) is 5.75 Å². The predicted octanol–water partition coefficient (Wildman–Crippen LogP) is 4.13. The van der Waals surface area contributed by atoms with E-state index in [4.69, 9.17) is 4.74 Å². The van der Waals surface area contributed by atoms with E-state index in [1.165, 1.54) is 41.3 Å². The first-order valence-corrected chi connectivity index (χ1v) is 14.4. The van der Waals surface area contributed by atoms with Crippen LogP contribution in [0.1, 0.15) is 11.1 Å². The molecular weight excluding hydrogens is 545 g/mol. The van der Waals surface area contributed by atoms with Crippen LogP contribution in [0.25, 0.3) is 0 Å². The number of nitrogens with one attached hydrogen (secondary N) is 1. The van der Waals surface area contributed by atoms with Gasteiger partial charge < -0.3 is 15.0 Å². The van der Waals surface area contributed by atoms with Gasteiger partial charge in [-0.1, -0.05) is 72.8 Å². The first kappa shape index (κ1) is 28.0. The van der Waals surface area contributed by atoms with Crippen molar-refractivity contribution in [2.45, 2.75) is 24.1 Å². The fourth-order valence-corrected chi connectivity index (χ4v) is 5.90. The number of anilines is 1. The number of sulfonamides is 1. The fraction of sp³-hybridized carbons (Fsp3) is 0.161. The summed E-state index contributed by atoms with van der Waals surface area (Å²) in [6.45, 7) is -0.486. The van der Waals surface area contributed by atoms with Gasteiger partial charge >= 0.3 is 0 Å². The molecule has 0 saturated heterocycles. The monoisotopic (exact) mass is 573 g/mol. The number of carbonyl (C=O) groups is 2. The average Bonchev–Trinajstić information content (AvgIpc) is 3.00. The molecule has 0 saturated carbocycles. The summed E-state index contributed by atoms with van der Waals surface area (Å²) in [7, 11) is -4.11. The summed E-state index contributed by atoms with van der Waals surface area (Å²) in [5.74, 6) is -1.06. The van der Waals surface area contributed by atoms with Gasteiger partial charge in [0.1, 0.15) is 11.6 Å². The Morgan fingerprint density at radius 2 is 1.49 bits per heavy atom. The Kier molecular flexibility index (Phi) is 8.42. The summed E-state index contributed by atoms with van der Waals surface area (Å²) in [6.07, 6.45) is -1.01. The van der Waals surface area contributed by atoms with Crippen LogP contribution >= 0.6 is 0 Å². The first-order chi connectivity index (χ1) is 19.8. The summed E-state index contributed by atoms with van der Waals surface area (Å²) in [5.41, 5.74) is 1.86. The van der Waals surface area contributed by atoms with Gasteiger partial charge in [0.2, 0.25) is 15.9 Å². The molecule has 4 aromatic carbocycles. The molecule has 4 aromatic rings. The standard InChI is InChI=1S/C31H28FN3O5S/c32-25-17-15-24(16-18-25)20-34(41(38,39)26-11-5-2-6-12-26)22-30(36)35-21-29(40-28-14-8-7-13-27(28)35)31(37)33-19-23-9-3-1-4-10-23/h1-18,29H,19-22H2,(H,33,37). The van der Waals surface area contributed by atoms with E-state index in [2.05, 4.69) is 5.32 Å². The summed E-state index contributed by atoms with van der Waals surface area (Å²) in [5, 5.41) is 2.84. The van der Waals surface area contributed by atoms with E-state index < -0.39 is 40.3 Å². The lowest BCUT2D eigenvalue weighted by Crippen LogP contribution is -2.52. The van der Waals surface area contributed by atoms with Crippen LogP contribution in [0.4, 0.5) is 10.1 Å². The normalized spacial score (nSPS) is 14.7.